The van der Waals surface area contributed by atoms with Crippen LogP contribution in [0.1, 0.15) is 44.2 Å². The van der Waals surface area contributed by atoms with Gasteiger partial charge in [0.15, 0.2) is 0 Å². The standard InChI is InChI=1S/C15H23N3O/c1-10(11-8-16-18(2)9-11)17-13-12-4-7-19-14(12)15(13)5-3-6-15/h8-10,12-14,17H,3-7H2,1-2H3/t10-,12-,13+,14-/m0/s1. The maximum absolute atomic E-state index is 5.97. The van der Waals surface area contributed by atoms with Gasteiger partial charge in [-0.3, -0.25) is 4.68 Å². The van der Waals surface area contributed by atoms with Gasteiger partial charge in [0, 0.05) is 48.8 Å². The Morgan fingerprint density at radius 3 is 3.00 bits per heavy atom. The second-order valence-electron chi connectivity index (χ2n) is 6.64. The molecule has 0 unspecified atom stereocenters. The molecule has 4 heteroatoms. The minimum absolute atomic E-state index is 0.387. The number of hydrogen-bond acceptors (Lipinski definition) is 3. The average Bonchev–Trinajstić information content (AvgIpc) is 2.91. The molecule has 0 radical (unpaired) electrons. The zero-order valence-corrected chi connectivity index (χ0v) is 11.8. The van der Waals surface area contributed by atoms with E-state index in [0.717, 1.165) is 12.5 Å². The molecule has 1 aliphatic heterocycles. The molecular formula is C15H23N3O. The van der Waals surface area contributed by atoms with Gasteiger partial charge in [-0.05, 0) is 26.2 Å². The van der Waals surface area contributed by atoms with E-state index in [1.54, 1.807) is 0 Å². The maximum atomic E-state index is 5.97. The van der Waals surface area contributed by atoms with Crippen molar-refractivity contribution in [1.29, 1.82) is 0 Å². The molecule has 0 bridgehead atoms. The zero-order chi connectivity index (χ0) is 13.0. The van der Waals surface area contributed by atoms with Crippen LogP contribution >= 0.6 is 0 Å². The smallest absolute Gasteiger partial charge is 0.0690 e. The quantitative estimate of drug-likeness (QED) is 0.905. The van der Waals surface area contributed by atoms with Gasteiger partial charge in [-0.15, -0.1) is 0 Å². The molecule has 1 spiro atoms. The first-order valence-electron chi connectivity index (χ1n) is 7.57. The summed E-state index contributed by atoms with van der Waals surface area (Å²) < 4.78 is 7.86. The van der Waals surface area contributed by atoms with Crippen LogP contribution in [0, 0.1) is 11.3 Å². The number of aryl methyl sites for hydroxylation is 1. The normalized spacial score (nSPS) is 36.6. The summed E-state index contributed by atoms with van der Waals surface area (Å²) in [4.78, 5) is 0. The molecule has 1 N–H and O–H groups in total. The minimum atomic E-state index is 0.387. The highest BCUT2D eigenvalue weighted by Gasteiger charge is 2.66. The van der Waals surface area contributed by atoms with E-state index in [0.29, 0.717) is 23.6 Å². The number of aromatic nitrogens is 2. The number of fused-ring (bicyclic) bond motifs is 2. The summed E-state index contributed by atoms with van der Waals surface area (Å²) in [6.45, 7) is 3.23. The van der Waals surface area contributed by atoms with Gasteiger partial charge in [-0.25, -0.2) is 0 Å². The van der Waals surface area contributed by atoms with Crippen molar-refractivity contribution in [3.8, 4) is 0 Å². The Morgan fingerprint density at radius 1 is 1.53 bits per heavy atom. The van der Waals surface area contributed by atoms with Gasteiger partial charge < -0.3 is 10.1 Å². The number of ether oxygens (including phenoxy) is 1. The van der Waals surface area contributed by atoms with Crippen molar-refractivity contribution in [2.45, 2.75) is 50.8 Å². The summed E-state index contributed by atoms with van der Waals surface area (Å²) >= 11 is 0. The van der Waals surface area contributed by atoms with E-state index >= 15 is 0 Å². The van der Waals surface area contributed by atoms with Crippen molar-refractivity contribution in [1.82, 2.24) is 15.1 Å². The Labute approximate surface area is 114 Å². The molecule has 19 heavy (non-hydrogen) atoms. The van der Waals surface area contributed by atoms with E-state index in [4.69, 9.17) is 4.74 Å². The lowest BCUT2D eigenvalue weighted by atomic mass is 9.46. The Kier molecular flexibility index (Phi) is 2.55. The molecule has 4 atom stereocenters. The molecule has 0 aromatic carbocycles. The first-order valence-corrected chi connectivity index (χ1v) is 7.57. The van der Waals surface area contributed by atoms with E-state index in [2.05, 4.69) is 23.5 Å². The molecule has 3 aliphatic rings. The lowest BCUT2D eigenvalue weighted by Crippen LogP contribution is -2.71. The van der Waals surface area contributed by atoms with Crippen molar-refractivity contribution in [3.63, 3.8) is 0 Å². The molecular weight excluding hydrogens is 238 g/mol. The van der Waals surface area contributed by atoms with Gasteiger partial charge in [0.05, 0.1) is 12.3 Å². The fourth-order valence-corrected chi connectivity index (χ4v) is 4.52. The molecule has 1 aromatic heterocycles. The summed E-state index contributed by atoms with van der Waals surface area (Å²) in [6.07, 6.45) is 9.98. The number of rotatable bonds is 3. The van der Waals surface area contributed by atoms with Gasteiger partial charge >= 0.3 is 0 Å². The van der Waals surface area contributed by atoms with Gasteiger partial charge in [0.2, 0.25) is 0 Å². The second kappa shape index (κ2) is 4.06. The second-order valence-corrected chi connectivity index (χ2v) is 6.64. The maximum Gasteiger partial charge on any atom is 0.0690 e. The Bertz CT molecular complexity index is 479. The van der Waals surface area contributed by atoms with Crippen LogP contribution in [0.15, 0.2) is 12.4 Å². The summed E-state index contributed by atoms with van der Waals surface area (Å²) in [5.41, 5.74) is 1.76. The van der Waals surface area contributed by atoms with Crippen molar-refractivity contribution >= 4 is 0 Å². The SMILES string of the molecule is C[C@H](N[C@@H]1[C@@H]2CCO[C@@H]2C12CCC2)c1cnn(C)c1. The van der Waals surface area contributed by atoms with Gasteiger partial charge in [-0.2, -0.15) is 5.10 Å². The first kappa shape index (κ1) is 11.9. The molecule has 4 nitrogen and oxygen atoms in total. The highest BCUT2D eigenvalue weighted by atomic mass is 16.5. The summed E-state index contributed by atoms with van der Waals surface area (Å²) in [6, 6.07) is 1.04. The van der Waals surface area contributed by atoms with Crippen molar-refractivity contribution in [2.24, 2.45) is 18.4 Å². The van der Waals surface area contributed by atoms with Gasteiger partial charge in [0.1, 0.15) is 0 Å². The van der Waals surface area contributed by atoms with Gasteiger partial charge in [0.25, 0.3) is 0 Å². The van der Waals surface area contributed by atoms with Crippen LogP contribution in [-0.4, -0.2) is 28.5 Å². The Balaban J connectivity index is 1.50. The predicted molar refractivity (Wildman–Crippen MR) is 72.7 cm³/mol. The third-order valence-electron chi connectivity index (χ3n) is 5.69. The first-order chi connectivity index (χ1) is 9.21. The van der Waals surface area contributed by atoms with Crippen LogP contribution in [0.25, 0.3) is 0 Å². The highest BCUT2D eigenvalue weighted by molar-refractivity contribution is 5.20. The molecule has 1 saturated heterocycles. The number of nitrogens with one attached hydrogen (secondary N) is 1. The molecule has 0 amide bonds. The molecule has 2 aliphatic carbocycles. The van der Waals surface area contributed by atoms with Crippen LogP contribution in [-0.2, 0) is 11.8 Å². The summed E-state index contributed by atoms with van der Waals surface area (Å²) in [5, 5.41) is 8.15. The third-order valence-corrected chi connectivity index (χ3v) is 5.69. The lowest BCUT2D eigenvalue weighted by molar-refractivity contribution is -0.178. The summed E-state index contributed by atoms with van der Waals surface area (Å²) in [7, 11) is 1.98. The average molecular weight is 261 g/mol. The van der Waals surface area contributed by atoms with Crippen LogP contribution in [0.5, 0.6) is 0 Å². The van der Waals surface area contributed by atoms with Crippen LogP contribution < -0.4 is 5.32 Å². The third kappa shape index (κ3) is 1.56. The Hall–Kier alpha value is -0.870. The van der Waals surface area contributed by atoms with E-state index in [9.17, 15) is 0 Å². The van der Waals surface area contributed by atoms with Crippen molar-refractivity contribution in [2.75, 3.05) is 6.61 Å². The Morgan fingerprint density at radius 2 is 2.37 bits per heavy atom. The van der Waals surface area contributed by atoms with Crippen molar-refractivity contribution in [3.05, 3.63) is 18.0 Å². The van der Waals surface area contributed by atoms with Crippen LogP contribution in [0.3, 0.4) is 0 Å². The number of nitrogens with zero attached hydrogens (tertiary/aromatic N) is 2. The van der Waals surface area contributed by atoms with Crippen molar-refractivity contribution < 1.29 is 4.74 Å². The number of hydrogen-bond donors (Lipinski definition) is 1. The largest absolute Gasteiger partial charge is 0.377 e. The summed E-state index contributed by atoms with van der Waals surface area (Å²) in [5.74, 6) is 0.749. The van der Waals surface area contributed by atoms with E-state index in [1.807, 2.05) is 17.9 Å². The fourth-order valence-electron chi connectivity index (χ4n) is 4.52. The molecule has 4 rings (SSSR count). The molecule has 2 saturated carbocycles. The monoisotopic (exact) mass is 261 g/mol. The van der Waals surface area contributed by atoms with Crippen LogP contribution in [0.4, 0.5) is 0 Å². The van der Waals surface area contributed by atoms with E-state index in [-0.39, 0.29) is 0 Å². The molecule has 104 valence electrons. The lowest BCUT2D eigenvalue weighted by Gasteiger charge is -2.64. The molecule has 3 fully saturated rings. The van der Waals surface area contributed by atoms with E-state index < -0.39 is 0 Å². The topological polar surface area (TPSA) is 39.1 Å². The predicted octanol–water partition coefficient (Wildman–Crippen LogP) is 2.03. The zero-order valence-electron chi connectivity index (χ0n) is 11.8. The minimum Gasteiger partial charge on any atom is -0.377 e. The highest BCUT2D eigenvalue weighted by Crippen LogP contribution is 2.63. The fraction of sp³-hybridized carbons (Fsp3) is 0.800. The van der Waals surface area contributed by atoms with Gasteiger partial charge in [-0.1, -0.05) is 6.42 Å². The molecule has 1 aromatic rings. The van der Waals surface area contributed by atoms with E-state index in [1.165, 1.54) is 31.2 Å². The molecule has 2 heterocycles. The van der Waals surface area contributed by atoms with Crippen LogP contribution in [0.2, 0.25) is 0 Å².